The van der Waals surface area contributed by atoms with Crippen molar-refractivity contribution in [1.82, 2.24) is 14.8 Å². The number of nitrogens with one attached hydrogen (secondary N) is 1. The molecule has 0 spiro atoms. The van der Waals surface area contributed by atoms with E-state index < -0.39 is 0 Å². The van der Waals surface area contributed by atoms with E-state index >= 15 is 0 Å². The second-order valence-corrected chi connectivity index (χ2v) is 8.63. The topological polar surface area (TPSA) is 74.8 Å². The van der Waals surface area contributed by atoms with Gasteiger partial charge in [0.15, 0.2) is 0 Å². The second-order valence-electron chi connectivity index (χ2n) is 7.34. The second kappa shape index (κ2) is 10.0. The van der Waals surface area contributed by atoms with E-state index in [0.717, 1.165) is 16.3 Å². The van der Waals surface area contributed by atoms with E-state index in [1.807, 2.05) is 24.3 Å². The van der Waals surface area contributed by atoms with Crippen LogP contribution in [-0.4, -0.2) is 60.0 Å². The van der Waals surface area contributed by atoms with Crippen molar-refractivity contribution in [3.05, 3.63) is 64.6 Å². The fraction of sp³-hybridized carbons (Fsp3) is 0.261. The first-order valence-corrected chi connectivity index (χ1v) is 11.5. The quantitative estimate of drug-likeness (QED) is 0.591. The molecule has 0 unspecified atom stereocenters. The third-order valence-electron chi connectivity index (χ3n) is 5.21. The summed E-state index contributed by atoms with van der Waals surface area (Å²) in [7, 11) is 1.62. The summed E-state index contributed by atoms with van der Waals surface area (Å²) in [4.78, 5) is 33.7. The Labute approximate surface area is 195 Å². The van der Waals surface area contributed by atoms with Crippen molar-refractivity contribution in [2.45, 2.75) is 6.42 Å². The van der Waals surface area contributed by atoms with E-state index in [4.69, 9.17) is 16.3 Å². The maximum absolute atomic E-state index is 13.0. The van der Waals surface area contributed by atoms with E-state index in [1.54, 1.807) is 46.6 Å². The molecule has 1 aliphatic rings. The Hall–Kier alpha value is -3.10. The van der Waals surface area contributed by atoms with Gasteiger partial charge in [0, 0.05) is 47.8 Å². The molecule has 4 rings (SSSR count). The number of anilines is 1. The van der Waals surface area contributed by atoms with Gasteiger partial charge in [0.05, 0.1) is 7.11 Å². The van der Waals surface area contributed by atoms with Gasteiger partial charge in [-0.05, 0) is 48.9 Å². The zero-order valence-corrected chi connectivity index (χ0v) is 19.2. The molecule has 0 aliphatic carbocycles. The molecular formula is C23H23ClN4O3S. The minimum Gasteiger partial charge on any atom is -0.497 e. The number of hydrogen-bond donors (Lipinski definition) is 1. The summed E-state index contributed by atoms with van der Waals surface area (Å²) in [5.41, 5.74) is 2.01. The summed E-state index contributed by atoms with van der Waals surface area (Å²) >= 11 is 7.42. The van der Waals surface area contributed by atoms with E-state index in [1.165, 1.54) is 11.3 Å². The number of carbonyl (C=O) groups is 2. The van der Waals surface area contributed by atoms with Gasteiger partial charge in [-0.2, -0.15) is 0 Å². The molecule has 2 heterocycles. The fourth-order valence-electron chi connectivity index (χ4n) is 3.49. The van der Waals surface area contributed by atoms with Crippen molar-refractivity contribution in [3.8, 4) is 16.3 Å². The van der Waals surface area contributed by atoms with Crippen LogP contribution in [0.2, 0.25) is 5.02 Å². The summed E-state index contributed by atoms with van der Waals surface area (Å²) < 4.78 is 5.19. The molecule has 0 bridgehead atoms. The lowest BCUT2D eigenvalue weighted by Crippen LogP contribution is -2.39. The highest BCUT2D eigenvalue weighted by atomic mass is 35.5. The number of nitrogens with zero attached hydrogens (tertiary/aromatic N) is 3. The number of halogens is 1. The van der Waals surface area contributed by atoms with Crippen LogP contribution in [0.15, 0.2) is 53.9 Å². The summed E-state index contributed by atoms with van der Waals surface area (Å²) in [6.07, 6.45) is 0.699. The van der Waals surface area contributed by atoms with E-state index in [2.05, 4.69) is 10.3 Å². The maximum Gasteiger partial charge on any atom is 0.321 e. The van der Waals surface area contributed by atoms with Crippen molar-refractivity contribution in [2.24, 2.45) is 0 Å². The third kappa shape index (κ3) is 5.20. The van der Waals surface area contributed by atoms with Crippen LogP contribution in [0, 0.1) is 0 Å². The zero-order valence-electron chi connectivity index (χ0n) is 17.6. The van der Waals surface area contributed by atoms with Crippen LogP contribution in [0.4, 0.5) is 10.5 Å². The molecule has 1 fully saturated rings. The van der Waals surface area contributed by atoms with Crippen LogP contribution in [0.25, 0.3) is 10.6 Å². The number of urea groups is 1. The summed E-state index contributed by atoms with van der Waals surface area (Å²) in [5, 5.41) is 6.00. The van der Waals surface area contributed by atoms with E-state index in [9.17, 15) is 9.59 Å². The first kappa shape index (κ1) is 22.1. The average Bonchev–Trinajstić information content (AvgIpc) is 3.16. The number of amides is 3. The van der Waals surface area contributed by atoms with Crippen LogP contribution in [0.3, 0.4) is 0 Å². The molecule has 1 aliphatic heterocycles. The molecule has 1 N–H and O–H groups in total. The lowest BCUT2D eigenvalue weighted by Gasteiger charge is -2.22. The number of thiazole rings is 1. The number of hydrogen-bond acceptors (Lipinski definition) is 5. The summed E-state index contributed by atoms with van der Waals surface area (Å²) in [5.74, 6) is 0.660. The Balaban J connectivity index is 1.37. The maximum atomic E-state index is 13.0. The van der Waals surface area contributed by atoms with Crippen LogP contribution in [0.5, 0.6) is 5.75 Å². The summed E-state index contributed by atoms with van der Waals surface area (Å²) in [6, 6.07) is 14.4. The van der Waals surface area contributed by atoms with Gasteiger partial charge >= 0.3 is 6.03 Å². The van der Waals surface area contributed by atoms with Crippen LogP contribution < -0.4 is 10.1 Å². The van der Waals surface area contributed by atoms with Crippen molar-refractivity contribution < 1.29 is 14.3 Å². The van der Waals surface area contributed by atoms with Gasteiger partial charge in [-0.3, -0.25) is 4.79 Å². The van der Waals surface area contributed by atoms with Gasteiger partial charge < -0.3 is 19.9 Å². The van der Waals surface area contributed by atoms with Crippen molar-refractivity contribution >= 4 is 40.6 Å². The molecule has 32 heavy (non-hydrogen) atoms. The van der Waals surface area contributed by atoms with Crippen LogP contribution in [0.1, 0.15) is 16.9 Å². The normalized spacial score (nSPS) is 14.1. The predicted molar refractivity (Wildman–Crippen MR) is 127 cm³/mol. The summed E-state index contributed by atoms with van der Waals surface area (Å²) in [6.45, 7) is 2.06. The minimum absolute atomic E-state index is 0.113. The van der Waals surface area contributed by atoms with Gasteiger partial charge in [-0.15, -0.1) is 11.3 Å². The molecule has 0 atom stereocenters. The first-order valence-electron chi connectivity index (χ1n) is 10.2. The lowest BCUT2D eigenvalue weighted by molar-refractivity contribution is 0.0757. The SMILES string of the molecule is COc1ccc(-c2nc(C(=O)N3CCCN(C(=O)Nc4cccc(Cl)c4)CC3)cs2)cc1. The number of rotatable bonds is 4. The van der Waals surface area contributed by atoms with Crippen LogP contribution in [-0.2, 0) is 0 Å². The Kier molecular flexibility index (Phi) is 6.92. The lowest BCUT2D eigenvalue weighted by atomic mass is 10.2. The van der Waals surface area contributed by atoms with Crippen molar-refractivity contribution in [1.29, 1.82) is 0 Å². The molecule has 0 saturated carbocycles. The van der Waals surface area contributed by atoms with E-state index in [-0.39, 0.29) is 11.9 Å². The average molecular weight is 471 g/mol. The molecule has 166 valence electrons. The Bertz CT molecular complexity index is 1100. The van der Waals surface area contributed by atoms with Gasteiger partial charge in [0.1, 0.15) is 16.5 Å². The number of aromatic nitrogens is 1. The first-order chi connectivity index (χ1) is 15.5. The third-order valence-corrected chi connectivity index (χ3v) is 6.33. The Morgan fingerprint density at radius 2 is 1.81 bits per heavy atom. The van der Waals surface area contributed by atoms with Gasteiger partial charge in [0.25, 0.3) is 5.91 Å². The van der Waals surface area contributed by atoms with Crippen molar-refractivity contribution in [3.63, 3.8) is 0 Å². The molecular weight excluding hydrogens is 448 g/mol. The standard InChI is InChI=1S/C23H23ClN4O3S/c1-31-19-8-6-16(7-9-19)21-26-20(15-32-21)22(29)27-10-3-11-28(13-12-27)23(30)25-18-5-2-4-17(24)14-18/h2,4-9,14-15H,3,10-13H2,1H3,(H,25,30). The number of benzene rings is 2. The Morgan fingerprint density at radius 1 is 1.06 bits per heavy atom. The van der Waals surface area contributed by atoms with E-state index in [0.29, 0.717) is 49.0 Å². The molecule has 2 aromatic carbocycles. The van der Waals surface area contributed by atoms with Gasteiger partial charge in [0.2, 0.25) is 0 Å². The number of carbonyl (C=O) groups excluding carboxylic acids is 2. The molecule has 1 aromatic heterocycles. The zero-order chi connectivity index (χ0) is 22.5. The van der Waals surface area contributed by atoms with Gasteiger partial charge in [-0.1, -0.05) is 17.7 Å². The smallest absolute Gasteiger partial charge is 0.321 e. The van der Waals surface area contributed by atoms with Gasteiger partial charge in [-0.25, -0.2) is 9.78 Å². The Morgan fingerprint density at radius 3 is 2.56 bits per heavy atom. The van der Waals surface area contributed by atoms with Crippen LogP contribution >= 0.6 is 22.9 Å². The molecule has 1 saturated heterocycles. The molecule has 7 nitrogen and oxygen atoms in total. The highest BCUT2D eigenvalue weighted by molar-refractivity contribution is 7.13. The molecule has 9 heteroatoms. The fourth-order valence-corrected chi connectivity index (χ4v) is 4.48. The predicted octanol–water partition coefficient (Wildman–Crippen LogP) is 4.85. The largest absolute Gasteiger partial charge is 0.497 e. The number of methoxy groups -OCH3 is 1. The molecule has 3 amide bonds. The molecule has 0 radical (unpaired) electrons. The minimum atomic E-state index is -0.197. The highest BCUT2D eigenvalue weighted by Gasteiger charge is 2.24. The highest BCUT2D eigenvalue weighted by Crippen LogP contribution is 2.26. The monoisotopic (exact) mass is 470 g/mol. The van der Waals surface area contributed by atoms with Crippen molar-refractivity contribution in [2.75, 3.05) is 38.6 Å². The molecule has 3 aromatic rings. The number of ether oxygens (including phenoxy) is 1.